The molecule has 0 radical (unpaired) electrons. The Kier molecular flexibility index (Phi) is 9.35. The van der Waals surface area contributed by atoms with Gasteiger partial charge in [-0.05, 0) is 60.1 Å². The summed E-state index contributed by atoms with van der Waals surface area (Å²) in [6, 6.07) is 11.6. The number of esters is 2. The van der Waals surface area contributed by atoms with Crippen LogP contribution in [0.2, 0.25) is 0 Å². The number of benzene rings is 2. The number of hydrogen-bond donors (Lipinski definition) is 0. The molecule has 2 rings (SSSR count). The molecule has 0 N–H and O–H groups in total. The lowest BCUT2D eigenvalue weighted by Gasteiger charge is -2.19. The van der Waals surface area contributed by atoms with Gasteiger partial charge in [0.25, 0.3) is 0 Å². The van der Waals surface area contributed by atoms with Crippen molar-refractivity contribution in [2.45, 2.75) is 72.5 Å². The lowest BCUT2D eigenvalue weighted by atomic mass is 9.91. The Morgan fingerprint density at radius 3 is 2.26 bits per heavy atom. The van der Waals surface area contributed by atoms with E-state index in [0.29, 0.717) is 18.3 Å². The van der Waals surface area contributed by atoms with Crippen LogP contribution in [-0.2, 0) is 19.1 Å². The first-order valence-electron chi connectivity index (χ1n) is 11.2. The van der Waals surface area contributed by atoms with E-state index in [1.54, 1.807) is 21.0 Å². The first kappa shape index (κ1) is 24.7. The van der Waals surface area contributed by atoms with E-state index in [0.717, 1.165) is 41.3 Å². The van der Waals surface area contributed by atoms with Crippen LogP contribution in [0.25, 0.3) is 10.8 Å². The smallest absolute Gasteiger partial charge is 0.316 e. The molecule has 0 amide bonds. The molecule has 2 aromatic rings. The molecule has 0 unspecified atom stereocenters. The quantitative estimate of drug-likeness (QED) is 0.313. The molecule has 31 heavy (non-hydrogen) atoms. The van der Waals surface area contributed by atoms with E-state index in [1.165, 1.54) is 0 Å². The topological polar surface area (TPSA) is 61.8 Å². The van der Waals surface area contributed by atoms with Crippen LogP contribution in [0, 0.1) is 11.8 Å². The highest BCUT2D eigenvalue weighted by molar-refractivity contribution is 5.86. The van der Waals surface area contributed by atoms with Crippen molar-refractivity contribution < 1.29 is 23.8 Å². The highest BCUT2D eigenvalue weighted by Gasteiger charge is 2.22. The normalized spacial score (nSPS) is 14.2. The molecular formula is C26H36O5. The third kappa shape index (κ3) is 7.57. The number of carbonyl (C=O) groups excluding carboxylic acids is 2. The second-order valence-electron chi connectivity index (χ2n) is 8.63. The minimum Gasteiger partial charge on any atom is -0.497 e. The predicted octanol–water partition coefficient (Wildman–Crippen LogP) is 6.24. The van der Waals surface area contributed by atoms with Gasteiger partial charge in [-0.15, -0.1) is 0 Å². The summed E-state index contributed by atoms with van der Waals surface area (Å²) in [6.45, 7) is 9.90. The standard InChI is InChI=1S/C26H36O5/c1-7-20(14-17(2)3)8-13-25(27)30-19(5)31-26(28)18(4)21-9-10-23-16-24(29-6)12-11-22(23)15-21/h9-12,15-20H,7-8,13-14H2,1-6H3/t18-,19+,20-/m0/s1. The van der Waals surface area contributed by atoms with Crippen LogP contribution in [0.15, 0.2) is 36.4 Å². The number of ether oxygens (including phenoxy) is 3. The molecule has 0 saturated heterocycles. The van der Waals surface area contributed by atoms with Gasteiger partial charge in [-0.25, -0.2) is 0 Å². The molecule has 5 heteroatoms. The largest absolute Gasteiger partial charge is 0.497 e. The Morgan fingerprint density at radius 1 is 0.935 bits per heavy atom. The number of hydrogen-bond acceptors (Lipinski definition) is 5. The molecule has 0 fully saturated rings. The van der Waals surface area contributed by atoms with Crippen LogP contribution in [0.1, 0.15) is 71.8 Å². The summed E-state index contributed by atoms with van der Waals surface area (Å²) in [5.41, 5.74) is 0.848. The zero-order valence-corrected chi connectivity index (χ0v) is 19.6. The van der Waals surface area contributed by atoms with Gasteiger partial charge in [0.2, 0.25) is 6.29 Å². The van der Waals surface area contributed by atoms with Crippen molar-refractivity contribution in [2.24, 2.45) is 11.8 Å². The molecule has 0 aliphatic rings. The zero-order valence-electron chi connectivity index (χ0n) is 19.6. The maximum Gasteiger partial charge on any atom is 0.316 e. The van der Waals surface area contributed by atoms with E-state index in [1.807, 2.05) is 36.4 Å². The van der Waals surface area contributed by atoms with Crippen molar-refractivity contribution in [3.8, 4) is 5.75 Å². The maximum absolute atomic E-state index is 12.6. The Morgan fingerprint density at radius 2 is 1.61 bits per heavy atom. The summed E-state index contributed by atoms with van der Waals surface area (Å²) in [5.74, 6) is 0.702. The zero-order chi connectivity index (χ0) is 23.0. The first-order valence-corrected chi connectivity index (χ1v) is 11.2. The lowest BCUT2D eigenvalue weighted by molar-refractivity contribution is -0.185. The molecule has 0 aliphatic carbocycles. The number of carbonyl (C=O) groups is 2. The van der Waals surface area contributed by atoms with Crippen molar-refractivity contribution >= 4 is 22.7 Å². The van der Waals surface area contributed by atoms with E-state index >= 15 is 0 Å². The molecular weight excluding hydrogens is 392 g/mol. The van der Waals surface area contributed by atoms with Gasteiger partial charge < -0.3 is 14.2 Å². The fourth-order valence-corrected chi connectivity index (χ4v) is 3.79. The number of methoxy groups -OCH3 is 1. The first-order chi connectivity index (χ1) is 14.7. The van der Waals surface area contributed by atoms with Crippen LogP contribution in [-0.4, -0.2) is 25.3 Å². The Hall–Kier alpha value is -2.56. The molecule has 2 aromatic carbocycles. The fraction of sp³-hybridized carbons (Fsp3) is 0.538. The van der Waals surface area contributed by atoms with Crippen molar-refractivity contribution in [1.29, 1.82) is 0 Å². The molecule has 0 heterocycles. The van der Waals surface area contributed by atoms with Gasteiger partial charge in [0, 0.05) is 13.3 Å². The molecule has 3 atom stereocenters. The lowest BCUT2D eigenvalue weighted by Crippen LogP contribution is -2.24. The molecule has 5 nitrogen and oxygen atoms in total. The summed E-state index contributed by atoms with van der Waals surface area (Å²) in [5, 5.41) is 2.05. The highest BCUT2D eigenvalue weighted by Crippen LogP contribution is 2.26. The average Bonchev–Trinajstić information content (AvgIpc) is 2.74. The summed E-state index contributed by atoms with van der Waals surface area (Å²) in [7, 11) is 1.63. The Labute approximate surface area is 186 Å². The van der Waals surface area contributed by atoms with E-state index in [4.69, 9.17) is 14.2 Å². The van der Waals surface area contributed by atoms with Crippen molar-refractivity contribution in [1.82, 2.24) is 0 Å². The number of rotatable bonds is 11. The fourth-order valence-electron chi connectivity index (χ4n) is 3.79. The highest BCUT2D eigenvalue weighted by atomic mass is 16.7. The van der Waals surface area contributed by atoms with Gasteiger partial charge in [-0.2, -0.15) is 0 Å². The molecule has 0 aromatic heterocycles. The van der Waals surface area contributed by atoms with E-state index in [2.05, 4.69) is 20.8 Å². The molecule has 170 valence electrons. The summed E-state index contributed by atoms with van der Waals surface area (Å²) in [6.07, 6.45) is 2.39. The predicted molar refractivity (Wildman–Crippen MR) is 123 cm³/mol. The molecule has 0 aliphatic heterocycles. The SMILES string of the molecule is CC[C@@H](CCC(=O)O[C@@H](C)OC(=O)[C@@H](C)c1ccc2cc(OC)ccc2c1)CC(C)C. The van der Waals surface area contributed by atoms with E-state index < -0.39 is 18.2 Å². The average molecular weight is 429 g/mol. The van der Waals surface area contributed by atoms with Crippen LogP contribution < -0.4 is 4.74 Å². The van der Waals surface area contributed by atoms with Crippen LogP contribution in [0.5, 0.6) is 5.75 Å². The van der Waals surface area contributed by atoms with Gasteiger partial charge >= 0.3 is 11.9 Å². The van der Waals surface area contributed by atoms with E-state index in [-0.39, 0.29) is 5.97 Å². The molecule has 0 saturated carbocycles. The van der Waals surface area contributed by atoms with Crippen LogP contribution >= 0.6 is 0 Å². The third-order valence-corrected chi connectivity index (χ3v) is 5.64. The Bertz CT molecular complexity index is 873. The van der Waals surface area contributed by atoms with Crippen molar-refractivity contribution in [2.75, 3.05) is 7.11 Å². The van der Waals surface area contributed by atoms with Gasteiger partial charge in [0.05, 0.1) is 13.0 Å². The van der Waals surface area contributed by atoms with E-state index in [9.17, 15) is 9.59 Å². The van der Waals surface area contributed by atoms with Gasteiger partial charge in [0.15, 0.2) is 0 Å². The third-order valence-electron chi connectivity index (χ3n) is 5.64. The molecule has 0 spiro atoms. The van der Waals surface area contributed by atoms with Crippen LogP contribution in [0.4, 0.5) is 0 Å². The maximum atomic E-state index is 12.6. The van der Waals surface area contributed by atoms with Gasteiger partial charge in [-0.3, -0.25) is 9.59 Å². The van der Waals surface area contributed by atoms with Crippen molar-refractivity contribution in [3.05, 3.63) is 42.0 Å². The van der Waals surface area contributed by atoms with Crippen molar-refractivity contribution in [3.63, 3.8) is 0 Å². The summed E-state index contributed by atoms with van der Waals surface area (Å²) < 4.78 is 15.9. The minimum absolute atomic E-state index is 0.324. The van der Waals surface area contributed by atoms with Gasteiger partial charge in [-0.1, -0.05) is 51.5 Å². The molecule has 0 bridgehead atoms. The minimum atomic E-state index is -0.905. The van der Waals surface area contributed by atoms with Gasteiger partial charge in [0.1, 0.15) is 5.75 Å². The summed E-state index contributed by atoms with van der Waals surface area (Å²) >= 11 is 0. The van der Waals surface area contributed by atoms with Crippen LogP contribution in [0.3, 0.4) is 0 Å². The summed E-state index contributed by atoms with van der Waals surface area (Å²) in [4.78, 5) is 24.7. The monoisotopic (exact) mass is 428 g/mol. The second-order valence-corrected chi connectivity index (χ2v) is 8.63. The Balaban J connectivity index is 1.88. The number of fused-ring (bicyclic) bond motifs is 1. The second kappa shape index (κ2) is 11.7.